The van der Waals surface area contributed by atoms with Crippen LogP contribution in [0.4, 0.5) is 13.2 Å². The van der Waals surface area contributed by atoms with E-state index in [4.69, 9.17) is 5.11 Å². The van der Waals surface area contributed by atoms with Crippen molar-refractivity contribution in [3.8, 4) is 11.3 Å². The summed E-state index contributed by atoms with van der Waals surface area (Å²) in [5.41, 5.74) is 1.57. The van der Waals surface area contributed by atoms with Crippen LogP contribution in [-0.4, -0.2) is 40.6 Å². The van der Waals surface area contributed by atoms with Crippen LogP contribution < -0.4 is 0 Å². The third-order valence-corrected chi connectivity index (χ3v) is 4.39. The molecule has 1 aliphatic rings. The maximum absolute atomic E-state index is 12.7. The molecule has 1 saturated heterocycles. The molecular weight excluding hydrogens is 333 g/mol. The molecule has 0 bridgehead atoms. The highest BCUT2D eigenvalue weighted by Gasteiger charge is 2.30. The number of carbonyl (C=O) groups is 1. The van der Waals surface area contributed by atoms with E-state index >= 15 is 0 Å². The number of hydrogen-bond acceptors (Lipinski definition) is 3. The zero-order valence-electron chi connectivity index (χ0n) is 13.3. The second-order valence-electron chi connectivity index (χ2n) is 6.16. The number of halogens is 3. The van der Waals surface area contributed by atoms with Crippen LogP contribution in [0.5, 0.6) is 0 Å². The first-order chi connectivity index (χ1) is 11.8. The minimum absolute atomic E-state index is 0.0212. The van der Waals surface area contributed by atoms with Gasteiger partial charge in [0.15, 0.2) is 0 Å². The summed E-state index contributed by atoms with van der Waals surface area (Å²) in [5.74, 6) is -0.642. The Morgan fingerprint density at radius 2 is 1.96 bits per heavy atom. The van der Waals surface area contributed by atoms with Crippen molar-refractivity contribution in [3.05, 3.63) is 53.7 Å². The lowest BCUT2D eigenvalue weighted by Crippen LogP contribution is -2.27. The molecule has 2 heterocycles. The second kappa shape index (κ2) is 6.84. The maximum atomic E-state index is 12.7. The van der Waals surface area contributed by atoms with Crippen molar-refractivity contribution in [2.24, 2.45) is 0 Å². The van der Waals surface area contributed by atoms with Crippen LogP contribution in [0.1, 0.15) is 23.5 Å². The van der Waals surface area contributed by atoms with Crippen LogP contribution in [0.25, 0.3) is 11.3 Å². The fourth-order valence-corrected chi connectivity index (χ4v) is 3.13. The lowest BCUT2D eigenvalue weighted by molar-refractivity contribution is -0.138. The topological polar surface area (TPSA) is 53.4 Å². The summed E-state index contributed by atoms with van der Waals surface area (Å²) in [4.78, 5) is 16.9. The van der Waals surface area contributed by atoms with E-state index in [1.807, 2.05) is 17.0 Å². The Labute approximate surface area is 142 Å². The Bertz CT molecular complexity index is 760. The van der Waals surface area contributed by atoms with Gasteiger partial charge in [0.25, 0.3) is 0 Å². The molecule has 1 atom stereocenters. The van der Waals surface area contributed by atoms with Gasteiger partial charge in [0, 0.05) is 18.3 Å². The molecule has 0 saturated carbocycles. The molecule has 0 unspecified atom stereocenters. The molecule has 1 fully saturated rings. The standard InChI is InChI=1S/C18H17F3N2O2/c19-18(20,21)15-3-1-12(2-4-15)16-9-13(5-7-22-16)14-6-8-23(10-14)11-17(24)25/h1-5,7,9,14H,6,8,10-11H2,(H,24,25)/t14-/m1/s1. The summed E-state index contributed by atoms with van der Waals surface area (Å²) >= 11 is 0. The average Bonchev–Trinajstić information content (AvgIpc) is 3.02. The van der Waals surface area contributed by atoms with E-state index in [1.165, 1.54) is 12.1 Å². The minimum atomic E-state index is -4.36. The number of carboxylic acids is 1. The molecule has 4 nitrogen and oxygen atoms in total. The van der Waals surface area contributed by atoms with E-state index < -0.39 is 17.7 Å². The molecule has 25 heavy (non-hydrogen) atoms. The summed E-state index contributed by atoms with van der Waals surface area (Å²) in [6.07, 6.45) is -1.86. The number of aromatic nitrogens is 1. The van der Waals surface area contributed by atoms with E-state index in [9.17, 15) is 18.0 Å². The zero-order valence-corrected chi connectivity index (χ0v) is 13.3. The molecule has 7 heteroatoms. The fourth-order valence-electron chi connectivity index (χ4n) is 3.13. The quantitative estimate of drug-likeness (QED) is 0.915. The predicted octanol–water partition coefficient (Wildman–Crippen LogP) is 3.64. The molecule has 132 valence electrons. The Balaban J connectivity index is 1.77. The number of nitrogens with zero attached hydrogens (tertiary/aromatic N) is 2. The highest BCUT2D eigenvalue weighted by molar-refractivity contribution is 5.69. The Morgan fingerprint density at radius 1 is 1.24 bits per heavy atom. The number of alkyl halides is 3. The van der Waals surface area contributed by atoms with Gasteiger partial charge in [-0.3, -0.25) is 14.7 Å². The van der Waals surface area contributed by atoms with E-state index in [2.05, 4.69) is 4.98 Å². The van der Waals surface area contributed by atoms with Crippen molar-refractivity contribution in [3.63, 3.8) is 0 Å². The molecule has 1 aromatic heterocycles. The third kappa shape index (κ3) is 4.17. The lowest BCUT2D eigenvalue weighted by Gasteiger charge is -2.14. The Morgan fingerprint density at radius 3 is 2.60 bits per heavy atom. The third-order valence-electron chi connectivity index (χ3n) is 4.39. The molecular formula is C18H17F3N2O2. The first-order valence-electron chi connectivity index (χ1n) is 7.90. The summed E-state index contributed by atoms with van der Waals surface area (Å²) in [7, 11) is 0. The van der Waals surface area contributed by atoms with Gasteiger partial charge in [-0.25, -0.2) is 0 Å². The molecule has 3 rings (SSSR count). The van der Waals surface area contributed by atoms with E-state index in [-0.39, 0.29) is 12.5 Å². The first-order valence-corrected chi connectivity index (χ1v) is 7.90. The minimum Gasteiger partial charge on any atom is -0.480 e. The smallest absolute Gasteiger partial charge is 0.416 e. The molecule has 1 N–H and O–H groups in total. The van der Waals surface area contributed by atoms with Gasteiger partial charge in [0.05, 0.1) is 17.8 Å². The summed E-state index contributed by atoms with van der Waals surface area (Å²) in [5, 5.41) is 8.87. The van der Waals surface area contributed by atoms with Gasteiger partial charge >= 0.3 is 12.1 Å². The summed E-state index contributed by atoms with van der Waals surface area (Å²) in [6, 6.07) is 8.68. The molecule has 0 radical (unpaired) electrons. The van der Waals surface area contributed by atoms with Crippen molar-refractivity contribution in [2.45, 2.75) is 18.5 Å². The number of benzene rings is 1. The zero-order chi connectivity index (χ0) is 18.0. The van der Waals surface area contributed by atoms with Crippen LogP contribution >= 0.6 is 0 Å². The van der Waals surface area contributed by atoms with Crippen molar-refractivity contribution >= 4 is 5.97 Å². The summed E-state index contributed by atoms with van der Waals surface area (Å²) in [6.45, 7) is 1.39. The molecule has 1 aromatic carbocycles. The normalized spacial score (nSPS) is 18.4. The predicted molar refractivity (Wildman–Crippen MR) is 86.1 cm³/mol. The molecule has 0 spiro atoms. The highest BCUT2D eigenvalue weighted by atomic mass is 19.4. The van der Waals surface area contributed by atoms with Gasteiger partial charge in [0.1, 0.15) is 0 Å². The van der Waals surface area contributed by atoms with Gasteiger partial charge in [-0.2, -0.15) is 13.2 Å². The van der Waals surface area contributed by atoms with Gasteiger partial charge < -0.3 is 5.11 Å². The number of aliphatic carboxylic acids is 1. The van der Waals surface area contributed by atoms with Crippen LogP contribution in [0.15, 0.2) is 42.6 Å². The monoisotopic (exact) mass is 350 g/mol. The van der Waals surface area contributed by atoms with Gasteiger partial charge in [-0.15, -0.1) is 0 Å². The molecule has 1 aliphatic heterocycles. The van der Waals surface area contributed by atoms with E-state index in [0.29, 0.717) is 17.8 Å². The lowest BCUT2D eigenvalue weighted by atomic mass is 9.97. The van der Waals surface area contributed by atoms with Crippen LogP contribution in [0, 0.1) is 0 Å². The van der Waals surface area contributed by atoms with Gasteiger partial charge in [-0.1, -0.05) is 12.1 Å². The first kappa shape index (κ1) is 17.4. The highest BCUT2D eigenvalue weighted by Crippen LogP contribution is 2.32. The van der Waals surface area contributed by atoms with E-state index in [1.54, 1.807) is 6.20 Å². The van der Waals surface area contributed by atoms with Crippen LogP contribution in [0.2, 0.25) is 0 Å². The van der Waals surface area contributed by atoms with Crippen molar-refractivity contribution in [1.82, 2.24) is 9.88 Å². The van der Waals surface area contributed by atoms with Gasteiger partial charge in [0.2, 0.25) is 0 Å². The number of rotatable bonds is 4. The Hall–Kier alpha value is -2.41. The molecule has 2 aromatic rings. The maximum Gasteiger partial charge on any atom is 0.416 e. The SMILES string of the molecule is O=C(O)CN1CC[C@@H](c2ccnc(-c3ccc(C(F)(F)F)cc3)c2)C1. The number of likely N-dealkylation sites (tertiary alicyclic amines) is 1. The van der Waals surface area contributed by atoms with E-state index in [0.717, 1.165) is 30.7 Å². The Kier molecular flexibility index (Phi) is 4.76. The summed E-state index contributed by atoms with van der Waals surface area (Å²) < 4.78 is 38.0. The number of hydrogen-bond donors (Lipinski definition) is 1. The average molecular weight is 350 g/mol. The largest absolute Gasteiger partial charge is 0.480 e. The van der Waals surface area contributed by atoms with Crippen molar-refractivity contribution in [1.29, 1.82) is 0 Å². The van der Waals surface area contributed by atoms with Gasteiger partial charge in [-0.05, 0) is 48.7 Å². The van der Waals surface area contributed by atoms with Crippen LogP contribution in [-0.2, 0) is 11.0 Å². The second-order valence-corrected chi connectivity index (χ2v) is 6.16. The molecule has 0 aliphatic carbocycles. The van der Waals surface area contributed by atoms with Crippen molar-refractivity contribution in [2.75, 3.05) is 19.6 Å². The molecule has 0 amide bonds. The number of pyridine rings is 1. The fraction of sp³-hybridized carbons (Fsp3) is 0.333. The number of carboxylic acid groups (broad SMARTS) is 1. The van der Waals surface area contributed by atoms with Crippen LogP contribution in [0.3, 0.4) is 0 Å². The van der Waals surface area contributed by atoms with Crippen molar-refractivity contribution < 1.29 is 23.1 Å².